The molecule has 7 aliphatic rings. The van der Waals surface area contributed by atoms with E-state index in [1.165, 1.54) is 279 Å². The number of aromatic nitrogens is 7. The summed E-state index contributed by atoms with van der Waals surface area (Å²) < 4.78 is 0. The van der Waals surface area contributed by atoms with Crippen LogP contribution in [0.3, 0.4) is 0 Å². The standard InChI is InChI=1S/2C16H17N.5C15H15N/c1-9-5-6-17-14-8-13-11(3)7-10(2)12(4)16(13)15(9)14;1-9-10(2)12(4)16-13-6-5-7-17-15(13)8-14(16)11(9)3;1-9-4-6-12-8-14-13(15(12)11(9)3)7-5-10(2)16-14;1-9-6-13-14(16-8-9)7-12-5-4-10(2)11(3)15(12)13;1-9-4-5-12-8-13-14(15(12)11(9)3)10(2)6-7-16-13;1-9-7-12-8-14-13(5-4-6-16-14)15(12)11(3)10(9)2;1-9-7-10(2)13-8-14-12(5-4-6-16-14)15(13)11(9)3/h2*5-7H,8H2,1-4H3;4-7H,8H2,1-3H3;4-6,8H,7H2,1-3H3;3*4-7H,8H2,1-3H3. The van der Waals surface area contributed by atoms with Crippen molar-refractivity contribution in [1.82, 2.24) is 34.9 Å². The van der Waals surface area contributed by atoms with Crippen molar-refractivity contribution >= 4 is 0 Å². The van der Waals surface area contributed by atoms with E-state index in [9.17, 15) is 0 Å². The van der Waals surface area contributed by atoms with Gasteiger partial charge in [-0.25, -0.2) is 0 Å². The summed E-state index contributed by atoms with van der Waals surface area (Å²) in [4.78, 5) is 31.7. The first-order valence-corrected chi connectivity index (χ1v) is 40.9. The normalized spacial score (nSPS) is 12.4. The quantitative estimate of drug-likeness (QED) is 0.149. The number of aryl methyl sites for hydroxylation is 12. The average molecular weight is 1490 g/mol. The van der Waals surface area contributed by atoms with E-state index in [1.54, 1.807) is 0 Å². The van der Waals surface area contributed by atoms with Crippen molar-refractivity contribution in [2.24, 2.45) is 0 Å². The molecule has 0 spiro atoms. The van der Waals surface area contributed by atoms with E-state index in [0.717, 1.165) is 50.6 Å². The summed E-state index contributed by atoms with van der Waals surface area (Å²) in [5.74, 6) is 0. The van der Waals surface area contributed by atoms with Crippen LogP contribution in [0, 0.1) is 159 Å². The molecule has 0 saturated heterocycles. The largest absolute Gasteiger partial charge is 0.260 e. The minimum atomic E-state index is 0.992. The molecule has 0 unspecified atom stereocenters. The van der Waals surface area contributed by atoms with Crippen LogP contribution in [0.25, 0.3) is 77.9 Å². The highest BCUT2D eigenvalue weighted by molar-refractivity contribution is 5.87. The zero-order chi connectivity index (χ0) is 80.7. The van der Waals surface area contributed by atoms with Crippen molar-refractivity contribution in [1.29, 1.82) is 0 Å². The predicted molar refractivity (Wildman–Crippen MR) is 476 cm³/mol. The summed E-state index contributed by atoms with van der Waals surface area (Å²) in [5.41, 5.74) is 70.0. The van der Waals surface area contributed by atoms with Gasteiger partial charge in [-0.05, 0) is 402 Å². The first kappa shape index (κ1) is 77.9. The van der Waals surface area contributed by atoms with Crippen LogP contribution in [-0.4, -0.2) is 34.9 Å². The van der Waals surface area contributed by atoms with Gasteiger partial charge in [0.05, 0.1) is 39.9 Å². The lowest BCUT2D eigenvalue weighted by Crippen LogP contribution is -1.98. The van der Waals surface area contributed by atoms with E-state index in [-0.39, 0.29) is 0 Å². The SMILES string of the molecule is Cc1c(C)c(C)c2c(c1C)Cc1ncccc1-2.Cc1cc(C)c2c(c1C)-c1c(C)ccnc1C2.Cc1cc(C)c2c(c1C)-c1cccnc1C2.Cc1cc2c(c(C)c1C)-c1cccnc1C2.Cc1ccc2c(c1C)-c1c(C)ccnc1C2.Cc1ccc2c(n1)Cc1ccc(C)c(C)c1-2.Cc1cnc2c(c1)-c1c(ccc(C)c1C)C2. The smallest absolute Gasteiger partial charge is 0.0529 e. The lowest BCUT2D eigenvalue weighted by atomic mass is 9.89. The summed E-state index contributed by atoms with van der Waals surface area (Å²) >= 11 is 0. The molecule has 572 valence electrons. The monoisotopic (exact) mass is 1490 g/mol. The minimum absolute atomic E-state index is 0.992. The molecule has 114 heavy (non-hydrogen) atoms. The van der Waals surface area contributed by atoms with E-state index in [2.05, 4.69) is 297 Å². The summed E-state index contributed by atoms with van der Waals surface area (Å²) in [6.07, 6.45) is 18.5. The molecule has 0 saturated carbocycles. The Morgan fingerprint density at radius 3 is 1.16 bits per heavy atom. The number of hydrogen-bond acceptors (Lipinski definition) is 7. The van der Waals surface area contributed by atoms with Gasteiger partial charge in [-0.3, -0.25) is 34.9 Å². The molecule has 21 rings (SSSR count). The molecular weight excluding hydrogens is 1380 g/mol. The molecule has 0 bridgehead atoms. The van der Waals surface area contributed by atoms with Gasteiger partial charge in [-0.2, -0.15) is 0 Å². The molecule has 7 heterocycles. The third-order valence-electron chi connectivity index (χ3n) is 26.6. The zero-order valence-electron chi connectivity index (χ0n) is 71.6. The zero-order valence-corrected chi connectivity index (χ0v) is 71.6. The van der Waals surface area contributed by atoms with Crippen LogP contribution in [-0.2, 0) is 44.9 Å². The molecule has 7 heteroatoms. The topological polar surface area (TPSA) is 90.2 Å². The number of fused-ring (bicyclic) bond motifs is 21. The molecule has 7 nitrogen and oxygen atoms in total. The van der Waals surface area contributed by atoms with Crippen molar-refractivity contribution in [2.45, 2.75) is 204 Å². The molecule has 7 aromatic heterocycles. The summed E-state index contributed by atoms with van der Waals surface area (Å²) in [6, 6.07) is 43.8. The van der Waals surface area contributed by atoms with Crippen molar-refractivity contribution in [3.05, 3.63) is 365 Å². The van der Waals surface area contributed by atoms with Crippen LogP contribution in [0.5, 0.6) is 0 Å². The first-order valence-electron chi connectivity index (χ1n) is 40.9. The molecule has 7 aromatic carbocycles. The Hall–Kier alpha value is -11.4. The molecule has 0 fully saturated rings. The lowest BCUT2D eigenvalue weighted by Gasteiger charge is -2.15. The van der Waals surface area contributed by atoms with Gasteiger partial charge in [0.15, 0.2) is 0 Å². The van der Waals surface area contributed by atoms with Gasteiger partial charge < -0.3 is 0 Å². The minimum Gasteiger partial charge on any atom is -0.260 e. The maximum absolute atomic E-state index is 4.64. The van der Waals surface area contributed by atoms with Crippen LogP contribution < -0.4 is 0 Å². The van der Waals surface area contributed by atoms with Crippen LogP contribution in [0.15, 0.2) is 159 Å². The third kappa shape index (κ3) is 14.0. The fraction of sp³-hybridized carbons (Fsp3) is 0.280. The average Bonchev–Trinajstić information content (AvgIpc) is 1.60. The van der Waals surface area contributed by atoms with E-state index >= 15 is 0 Å². The Bertz CT molecular complexity index is 6300. The summed E-state index contributed by atoms with van der Waals surface area (Å²) in [6.45, 7) is 50.5. The molecule has 14 aromatic rings. The molecule has 0 atom stereocenters. The highest BCUT2D eigenvalue weighted by Gasteiger charge is 2.31. The molecule has 0 N–H and O–H groups in total. The Morgan fingerprint density at radius 2 is 0.579 bits per heavy atom. The summed E-state index contributed by atoms with van der Waals surface area (Å²) in [7, 11) is 0. The Kier molecular flexibility index (Phi) is 21.3. The fourth-order valence-electron chi connectivity index (χ4n) is 19.0. The van der Waals surface area contributed by atoms with Crippen LogP contribution >= 0.6 is 0 Å². The molecule has 0 amide bonds. The number of benzene rings is 7. The van der Waals surface area contributed by atoms with Crippen LogP contribution in [0.1, 0.15) is 207 Å². The number of pyridine rings is 7. The highest BCUT2D eigenvalue weighted by Crippen LogP contribution is 2.48. The van der Waals surface area contributed by atoms with Crippen molar-refractivity contribution in [3.63, 3.8) is 0 Å². The summed E-state index contributed by atoms with van der Waals surface area (Å²) in [5, 5.41) is 0. The van der Waals surface area contributed by atoms with Gasteiger partial charge in [0.2, 0.25) is 0 Å². The second kappa shape index (κ2) is 31.2. The molecule has 0 aliphatic heterocycles. The van der Waals surface area contributed by atoms with Crippen molar-refractivity contribution in [2.75, 3.05) is 0 Å². The molecule has 7 aliphatic carbocycles. The molecule has 0 radical (unpaired) electrons. The highest BCUT2D eigenvalue weighted by atomic mass is 14.7. The maximum atomic E-state index is 4.64. The Balaban J connectivity index is 0.000000105. The number of hydrogen-bond donors (Lipinski definition) is 0. The van der Waals surface area contributed by atoms with E-state index < -0.39 is 0 Å². The van der Waals surface area contributed by atoms with Gasteiger partial charge in [-0.15, -0.1) is 0 Å². The molecular formula is C107H109N7. The second-order valence-electron chi connectivity index (χ2n) is 33.5. The maximum Gasteiger partial charge on any atom is 0.0529 e. The lowest BCUT2D eigenvalue weighted by molar-refractivity contribution is 1.07. The van der Waals surface area contributed by atoms with E-state index in [4.69, 9.17) is 0 Å². The van der Waals surface area contributed by atoms with Crippen molar-refractivity contribution in [3.8, 4) is 77.9 Å². The number of rotatable bonds is 0. The van der Waals surface area contributed by atoms with Gasteiger partial charge in [-0.1, -0.05) is 78.9 Å². The van der Waals surface area contributed by atoms with Crippen molar-refractivity contribution < 1.29 is 0 Å². The van der Waals surface area contributed by atoms with Crippen LogP contribution in [0.4, 0.5) is 0 Å². The second-order valence-corrected chi connectivity index (χ2v) is 33.5. The third-order valence-corrected chi connectivity index (χ3v) is 26.6. The van der Waals surface area contributed by atoms with E-state index in [0.29, 0.717) is 0 Å². The Morgan fingerprint density at radius 1 is 0.202 bits per heavy atom. The predicted octanol–water partition coefficient (Wildman–Crippen LogP) is 25.7. The fourth-order valence-corrected chi connectivity index (χ4v) is 19.0. The number of nitrogens with zero attached hydrogens (tertiary/aromatic N) is 7. The van der Waals surface area contributed by atoms with Gasteiger partial charge in [0, 0.05) is 127 Å². The van der Waals surface area contributed by atoms with Crippen LogP contribution in [0.2, 0.25) is 0 Å². The first-order chi connectivity index (χ1) is 54.6. The van der Waals surface area contributed by atoms with Gasteiger partial charge in [0.1, 0.15) is 0 Å². The Labute approximate surface area is 678 Å². The van der Waals surface area contributed by atoms with E-state index in [1.807, 2.05) is 55.4 Å². The van der Waals surface area contributed by atoms with Gasteiger partial charge >= 0.3 is 0 Å². The van der Waals surface area contributed by atoms with Gasteiger partial charge in [0.25, 0.3) is 0 Å².